The van der Waals surface area contributed by atoms with Crippen LogP contribution in [0, 0.1) is 0 Å². The number of ether oxygens (including phenoxy) is 1. The molecule has 7 nitrogen and oxygen atoms in total. The summed E-state index contributed by atoms with van der Waals surface area (Å²) in [6.45, 7) is 1.96. The third-order valence-corrected chi connectivity index (χ3v) is 3.82. The highest BCUT2D eigenvalue weighted by molar-refractivity contribution is 6.31. The second-order valence-electron chi connectivity index (χ2n) is 5.26. The molecule has 0 radical (unpaired) electrons. The molecule has 132 valence electrons. The first-order valence-electron chi connectivity index (χ1n) is 7.82. The zero-order valence-corrected chi connectivity index (χ0v) is 14.6. The molecule has 0 saturated carbocycles. The van der Waals surface area contributed by atoms with Crippen molar-refractivity contribution >= 4 is 40.6 Å². The van der Waals surface area contributed by atoms with Crippen LogP contribution < -0.4 is 5.43 Å². The number of carbonyl (C=O) groups is 2. The van der Waals surface area contributed by atoms with Gasteiger partial charge in [0.1, 0.15) is 5.69 Å². The standard InChI is InChI=1S/C18H15ClN4O3/c1-2-26-18(25)16-14(13-9-12(19)3-4-15(13)22-16)10-21-23-17(24)11-5-7-20-8-6-11/h3-10,22H,2H2,1H3,(H,23,24)/b21-10-. The van der Waals surface area contributed by atoms with E-state index in [1.165, 1.54) is 18.6 Å². The van der Waals surface area contributed by atoms with Crippen LogP contribution >= 0.6 is 11.6 Å². The number of amides is 1. The molecule has 0 spiro atoms. The number of rotatable bonds is 5. The summed E-state index contributed by atoms with van der Waals surface area (Å²) in [7, 11) is 0. The van der Waals surface area contributed by atoms with E-state index in [0.29, 0.717) is 27.1 Å². The molecule has 0 bridgehead atoms. The van der Waals surface area contributed by atoms with Gasteiger partial charge in [-0.25, -0.2) is 10.2 Å². The van der Waals surface area contributed by atoms with Crippen molar-refractivity contribution in [1.82, 2.24) is 15.4 Å². The smallest absolute Gasteiger partial charge is 0.355 e. The van der Waals surface area contributed by atoms with E-state index in [2.05, 4.69) is 20.5 Å². The van der Waals surface area contributed by atoms with E-state index in [1.807, 2.05) is 0 Å². The molecule has 0 aliphatic rings. The molecule has 0 aliphatic carbocycles. The van der Waals surface area contributed by atoms with Gasteiger partial charge in [-0.15, -0.1) is 0 Å². The summed E-state index contributed by atoms with van der Waals surface area (Å²) in [6.07, 6.45) is 4.42. The number of esters is 1. The first kappa shape index (κ1) is 17.6. The summed E-state index contributed by atoms with van der Waals surface area (Å²) in [5.41, 5.74) is 4.27. The molecule has 0 atom stereocenters. The Morgan fingerprint density at radius 1 is 1.31 bits per heavy atom. The normalized spacial score (nSPS) is 11.0. The van der Waals surface area contributed by atoms with Crippen molar-refractivity contribution in [2.45, 2.75) is 6.92 Å². The van der Waals surface area contributed by atoms with E-state index in [9.17, 15) is 9.59 Å². The quantitative estimate of drug-likeness (QED) is 0.409. The average molecular weight is 371 g/mol. The predicted molar refractivity (Wildman–Crippen MR) is 98.6 cm³/mol. The highest BCUT2D eigenvalue weighted by Crippen LogP contribution is 2.25. The highest BCUT2D eigenvalue weighted by atomic mass is 35.5. The largest absolute Gasteiger partial charge is 0.461 e. The third-order valence-electron chi connectivity index (χ3n) is 3.58. The minimum absolute atomic E-state index is 0.240. The van der Waals surface area contributed by atoms with Gasteiger partial charge in [-0.3, -0.25) is 9.78 Å². The number of pyridine rings is 1. The number of nitrogens with zero attached hydrogens (tertiary/aromatic N) is 2. The maximum Gasteiger partial charge on any atom is 0.355 e. The van der Waals surface area contributed by atoms with Crippen molar-refractivity contribution in [3.8, 4) is 0 Å². The van der Waals surface area contributed by atoms with Gasteiger partial charge in [-0.2, -0.15) is 5.10 Å². The molecule has 0 unspecified atom stereocenters. The van der Waals surface area contributed by atoms with Gasteiger partial charge in [0.05, 0.1) is 12.8 Å². The second kappa shape index (κ2) is 7.79. The third kappa shape index (κ3) is 3.73. The lowest BCUT2D eigenvalue weighted by atomic mass is 10.1. The van der Waals surface area contributed by atoms with Crippen molar-refractivity contribution in [3.05, 3.63) is 64.6 Å². The van der Waals surface area contributed by atoms with Crippen LogP contribution in [0.2, 0.25) is 5.02 Å². The van der Waals surface area contributed by atoms with Crippen LogP contribution in [0.1, 0.15) is 33.3 Å². The number of nitrogens with one attached hydrogen (secondary N) is 2. The van der Waals surface area contributed by atoms with Gasteiger partial charge in [0.25, 0.3) is 5.91 Å². The molecule has 26 heavy (non-hydrogen) atoms. The van der Waals surface area contributed by atoms with Crippen LogP contribution in [0.3, 0.4) is 0 Å². The van der Waals surface area contributed by atoms with Crippen molar-refractivity contribution in [2.24, 2.45) is 5.10 Å². The van der Waals surface area contributed by atoms with E-state index in [4.69, 9.17) is 16.3 Å². The molecule has 0 fully saturated rings. The fourth-order valence-electron chi connectivity index (χ4n) is 2.41. The van der Waals surface area contributed by atoms with Gasteiger partial charge in [0.2, 0.25) is 0 Å². The zero-order chi connectivity index (χ0) is 18.5. The van der Waals surface area contributed by atoms with E-state index in [1.54, 1.807) is 37.3 Å². The number of hydrazone groups is 1. The highest BCUT2D eigenvalue weighted by Gasteiger charge is 2.18. The van der Waals surface area contributed by atoms with Crippen LogP contribution in [-0.2, 0) is 4.74 Å². The maximum absolute atomic E-state index is 12.2. The number of aromatic nitrogens is 2. The van der Waals surface area contributed by atoms with Gasteiger partial charge >= 0.3 is 5.97 Å². The number of halogens is 1. The lowest BCUT2D eigenvalue weighted by Crippen LogP contribution is -2.17. The molecule has 2 heterocycles. The van der Waals surface area contributed by atoms with Crippen LogP contribution in [0.15, 0.2) is 47.8 Å². The molecular weight excluding hydrogens is 356 g/mol. The Balaban J connectivity index is 1.92. The maximum atomic E-state index is 12.2. The Morgan fingerprint density at radius 3 is 2.81 bits per heavy atom. The molecular formula is C18H15ClN4O3. The number of fused-ring (bicyclic) bond motifs is 1. The summed E-state index contributed by atoms with van der Waals surface area (Å²) in [5, 5.41) is 5.17. The van der Waals surface area contributed by atoms with Crippen molar-refractivity contribution < 1.29 is 14.3 Å². The second-order valence-corrected chi connectivity index (χ2v) is 5.70. The molecule has 3 rings (SSSR count). The Bertz CT molecular complexity index is 983. The summed E-state index contributed by atoms with van der Waals surface area (Å²) >= 11 is 6.05. The number of hydrogen-bond donors (Lipinski definition) is 2. The van der Waals surface area contributed by atoms with Crippen molar-refractivity contribution in [1.29, 1.82) is 0 Å². The lowest BCUT2D eigenvalue weighted by Gasteiger charge is -2.01. The molecule has 3 aromatic rings. The SMILES string of the molecule is CCOC(=O)c1[nH]c2ccc(Cl)cc2c1/C=N\NC(=O)c1ccncc1. The molecule has 2 aromatic heterocycles. The van der Waals surface area contributed by atoms with Crippen LogP contribution in [-0.4, -0.2) is 34.7 Å². The number of benzene rings is 1. The molecule has 8 heteroatoms. The van der Waals surface area contributed by atoms with E-state index in [0.717, 1.165) is 0 Å². The van der Waals surface area contributed by atoms with Crippen molar-refractivity contribution in [2.75, 3.05) is 6.61 Å². The van der Waals surface area contributed by atoms with Crippen molar-refractivity contribution in [3.63, 3.8) is 0 Å². The van der Waals surface area contributed by atoms with Gasteiger partial charge in [-0.1, -0.05) is 11.6 Å². The summed E-state index contributed by atoms with van der Waals surface area (Å²) in [6, 6.07) is 8.32. The predicted octanol–water partition coefficient (Wildman–Crippen LogP) is 3.16. The summed E-state index contributed by atoms with van der Waals surface area (Å²) in [5.74, 6) is -0.902. The van der Waals surface area contributed by atoms with E-state index in [-0.39, 0.29) is 18.2 Å². The molecule has 0 saturated heterocycles. The number of hydrogen-bond acceptors (Lipinski definition) is 5. The van der Waals surface area contributed by atoms with Gasteiger partial charge in [0, 0.05) is 39.4 Å². The zero-order valence-electron chi connectivity index (χ0n) is 13.8. The number of carbonyl (C=O) groups excluding carboxylic acids is 2. The minimum Gasteiger partial charge on any atom is -0.461 e. The van der Waals surface area contributed by atoms with Crippen LogP contribution in [0.25, 0.3) is 10.9 Å². The Kier molecular flexibility index (Phi) is 5.28. The fraction of sp³-hybridized carbons (Fsp3) is 0.111. The minimum atomic E-state index is -0.512. The molecule has 1 aromatic carbocycles. The van der Waals surface area contributed by atoms with Gasteiger partial charge in [0.15, 0.2) is 0 Å². The fourth-order valence-corrected chi connectivity index (χ4v) is 2.58. The Labute approximate surface area is 154 Å². The average Bonchev–Trinajstić information content (AvgIpc) is 3.00. The number of H-pyrrole nitrogens is 1. The number of aromatic amines is 1. The molecule has 1 amide bonds. The first-order chi connectivity index (χ1) is 12.6. The molecule has 2 N–H and O–H groups in total. The Morgan fingerprint density at radius 2 is 2.08 bits per heavy atom. The van der Waals surface area contributed by atoms with Crippen LogP contribution in [0.5, 0.6) is 0 Å². The summed E-state index contributed by atoms with van der Waals surface area (Å²) in [4.78, 5) is 31.1. The molecule has 0 aliphatic heterocycles. The van der Waals surface area contributed by atoms with E-state index >= 15 is 0 Å². The van der Waals surface area contributed by atoms with Crippen LogP contribution in [0.4, 0.5) is 0 Å². The van der Waals surface area contributed by atoms with Gasteiger partial charge in [-0.05, 0) is 37.3 Å². The topological polar surface area (TPSA) is 96.4 Å². The monoisotopic (exact) mass is 370 g/mol. The summed E-state index contributed by atoms with van der Waals surface area (Å²) < 4.78 is 5.07. The Hall–Kier alpha value is -3.19. The first-order valence-corrected chi connectivity index (χ1v) is 8.19. The van der Waals surface area contributed by atoms with Gasteiger partial charge < -0.3 is 9.72 Å². The lowest BCUT2D eigenvalue weighted by molar-refractivity contribution is 0.0520. The van der Waals surface area contributed by atoms with E-state index < -0.39 is 5.97 Å².